The van der Waals surface area contributed by atoms with E-state index in [4.69, 9.17) is 11.6 Å². The smallest absolute Gasteiger partial charge is 0.211 e. The maximum atomic E-state index is 11.3. The predicted octanol–water partition coefficient (Wildman–Crippen LogP) is 1.33. The van der Waals surface area contributed by atoms with E-state index in [1.54, 1.807) is 0 Å². The standard InChI is InChI=1S/C8H3ClN2O4S/c9-7-3-6(10-4-12)1-2-8(7)16(14,15)11-5-13/h1-3H. The van der Waals surface area contributed by atoms with Crippen molar-refractivity contribution in [3.8, 4) is 0 Å². The van der Waals surface area contributed by atoms with Gasteiger partial charge in [-0.1, -0.05) is 16.0 Å². The van der Waals surface area contributed by atoms with Crippen LogP contribution in [0, 0.1) is 0 Å². The van der Waals surface area contributed by atoms with Crippen molar-refractivity contribution in [3.05, 3.63) is 23.2 Å². The molecule has 0 heterocycles. The Morgan fingerprint density at radius 1 is 1.19 bits per heavy atom. The van der Waals surface area contributed by atoms with Crippen molar-refractivity contribution in [2.45, 2.75) is 4.90 Å². The lowest BCUT2D eigenvalue weighted by atomic mass is 10.3. The van der Waals surface area contributed by atoms with E-state index in [0.29, 0.717) is 0 Å². The van der Waals surface area contributed by atoms with Crippen LogP contribution in [0.1, 0.15) is 0 Å². The van der Waals surface area contributed by atoms with Gasteiger partial charge in [0.25, 0.3) is 16.1 Å². The summed E-state index contributed by atoms with van der Waals surface area (Å²) < 4.78 is 25.2. The topological polar surface area (TPSA) is 93.0 Å². The molecule has 0 aliphatic heterocycles. The Morgan fingerprint density at radius 3 is 2.38 bits per heavy atom. The summed E-state index contributed by atoms with van der Waals surface area (Å²) in [5.41, 5.74) is 0.147. The van der Waals surface area contributed by atoms with Gasteiger partial charge in [-0.2, -0.15) is 13.4 Å². The first-order valence-electron chi connectivity index (χ1n) is 3.73. The highest BCUT2D eigenvalue weighted by Gasteiger charge is 2.17. The Hall–Kier alpha value is -1.78. The lowest BCUT2D eigenvalue weighted by Crippen LogP contribution is -1.96. The Morgan fingerprint density at radius 2 is 1.88 bits per heavy atom. The molecule has 1 aromatic rings. The van der Waals surface area contributed by atoms with Crippen LogP contribution in [0.5, 0.6) is 0 Å². The molecule has 0 spiro atoms. The van der Waals surface area contributed by atoms with Crippen molar-refractivity contribution in [2.75, 3.05) is 0 Å². The first-order valence-corrected chi connectivity index (χ1v) is 5.54. The van der Waals surface area contributed by atoms with E-state index in [0.717, 1.165) is 18.2 Å². The third-order valence-electron chi connectivity index (χ3n) is 1.53. The first kappa shape index (κ1) is 12.3. The second-order valence-electron chi connectivity index (χ2n) is 2.48. The highest BCUT2D eigenvalue weighted by Crippen LogP contribution is 2.27. The number of aliphatic imine (C=N–C) groups is 1. The van der Waals surface area contributed by atoms with Gasteiger partial charge in [-0.15, -0.1) is 0 Å². The molecule has 16 heavy (non-hydrogen) atoms. The fraction of sp³-hybridized carbons (Fsp3) is 0. The quantitative estimate of drug-likeness (QED) is 0.604. The Kier molecular flexibility index (Phi) is 3.71. The number of hydrogen-bond acceptors (Lipinski definition) is 5. The van der Waals surface area contributed by atoms with Crippen LogP contribution in [0.4, 0.5) is 5.69 Å². The first-order chi connectivity index (χ1) is 7.51. The Balaban J connectivity index is 3.39. The van der Waals surface area contributed by atoms with Gasteiger partial charge in [0, 0.05) is 0 Å². The van der Waals surface area contributed by atoms with Gasteiger partial charge in [0.1, 0.15) is 4.90 Å². The molecule has 0 aliphatic rings. The summed E-state index contributed by atoms with van der Waals surface area (Å²) in [6.07, 6.45) is 2.19. The molecule has 0 aromatic heterocycles. The number of benzene rings is 1. The van der Waals surface area contributed by atoms with E-state index < -0.39 is 10.0 Å². The lowest BCUT2D eigenvalue weighted by Gasteiger charge is -2.00. The van der Waals surface area contributed by atoms with Gasteiger partial charge in [0.05, 0.1) is 10.7 Å². The summed E-state index contributed by atoms with van der Waals surface area (Å²) >= 11 is 5.63. The van der Waals surface area contributed by atoms with E-state index in [1.165, 1.54) is 12.1 Å². The van der Waals surface area contributed by atoms with Crippen LogP contribution in [0.3, 0.4) is 0 Å². The van der Waals surface area contributed by atoms with E-state index >= 15 is 0 Å². The highest BCUT2D eigenvalue weighted by molar-refractivity contribution is 7.90. The molecule has 0 amide bonds. The molecule has 8 heteroatoms. The van der Waals surface area contributed by atoms with Gasteiger partial charge in [-0.05, 0) is 18.2 Å². The number of rotatable bonds is 3. The number of nitrogens with zero attached hydrogens (tertiary/aromatic N) is 2. The molecule has 0 saturated heterocycles. The number of hydrogen-bond donors (Lipinski definition) is 0. The number of isocyanates is 2. The van der Waals surface area contributed by atoms with Gasteiger partial charge in [0.15, 0.2) is 0 Å². The van der Waals surface area contributed by atoms with Crippen LogP contribution in [0.25, 0.3) is 0 Å². The summed E-state index contributed by atoms with van der Waals surface area (Å²) in [5.74, 6) is 0. The molecule has 6 nitrogen and oxygen atoms in total. The van der Waals surface area contributed by atoms with E-state index in [-0.39, 0.29) is 15.6 Å². The van der Waals surface area contributed by atoms with Crippen LogP contribution >= 0.6 is 11.6 Å². The Labute approximate surface area is 95.3 Å². The molecule has 1 rings (SSSR count). The summed E-state index contributed by atoms with van der Waals surface area (Å²) in [6.45, 7) is 0. The second-order valence-corrected chi connectivity index (χ2v) is 4.46. The van der Waals surface area contributed by atoms with E-state index in [1.807, 2.05) is 0 Å². The molecule has 0 saturated carbocycles. The van der Waals surface area contributed by atoms with Crippen molar-refractivity contribution in [1.82, 2.24) is 0 Å². The normalized spacial score (nSPS) is 10.1. The van der Waals surface area contributed by atoms with Crippen molar-refractivity contribution in [3.63, 3.8) is 0 Å². The SMILES string of the molecule is O=C=Nc1ccc(S(=O)(=O)N=C=O)c(Cl)c1. The molecule has 0 unspecified atom stereocenters. The molecular weight excluding hydrogens is 256 g/mol. The second kappa shape index (κ2) is 4.83. The van der Waals surface area contributed by atoms with Crippen LogP contribution in [-0.2, 0) is 19.6 Å². The van der Waals surface area contributed by atoms with Crippen LogP contribution in [0.15, 0.2) is 32.5 Å². The average molecular weight is 259 g/mol. The molecule has 0 atom stereocenters. The number of halogens is 1. The monoisotopic (exact) mass is 258 g/mol. The summed E-state index contributed by atoms with van der Waals surface area (Å²) in [5, 5.41) is -0.199. The summed E-state index contributed by atoms with van der Waals surface area (Å²) in [4.78, 5) is 22.7. The number of carbonyl (C=O) groups excluding carboxylic acids is 2. The van der Waals surface area contributed by atoms with Crippen LogP contribution in [-0.4, -0.2) is 20.6 Å². The summed E-state index contributed by atoms with van der Waals surface area (Å²) in [7, 11) is -4.14. The molecule has 0 aliphatic carbocycles. The number of sulfonamides is 1. The van der Waals surface area contributed by atoms with E-state index in [2.05, 4.69) is 9.39 Å². The van der Waals surface area contributed by atoms with Crippen molar-refractivity contribution < 1.29 is 18.0 Å². The molecule has 82 valence electrons. The van der Waals surface area contributed by atoms with Crippen LogP contribution in [0.2, 0.25) is 5.02 Å². The van der Waals surface area contributed by atoms with Gasteiger partial charge < -0.3 is 0 Å². The minimum absolute atomic E-state index is 0.147. The van der Waals surface area contributed by atoms with Gasteiger partial charge >= 0.3 is 0 Å². The zero-order valence-corrected chi connectivity index (χ0v) is 9.12. The molecule has 0 N–H and O–H groups in total. The highest BCUT2D eigenvalue weighted by atomic mass is 35.5. The zero-order valence-electron chi connectivity index (χ0n) is 7.55. The van der Waals surface area contributed by atoms with Crippen molar-refractivity contribution in [2.24, 2.45) is 9.39 Å². The van der Waals surface area contributed by atoms with Crippen molar-refractivity contribution >= 4 is 39.5 Å². The van der Waals surface area contributed by atoms with E-state index in [9.17, 15) is 18.0 Å². The lowest BCUT2D eigenvalue weighted by molar-refractivity contribution is 0.563. The van der Waals surface area contributed by atoms with Gasteiger partial charge in [0.2, 0.25) is 6.08 Å². The minimum Gasteiger partial charge on any atom is -0.211 e. The van der Waals surface area contributed by atoms with Crippen LogP contribution < -0.4 is 0 Å². The molecule has 0 bridgehead atoms. The van der Waals surface area contributed by atoms with Crippen molar-refractivity contribution in [1.29, 1.82) is 0 Å². The maximum Gasteiger partial charge on any atom is 0.294 e. The molecule has 0 fully saturated rings. The fourth-order valence-electron chi connectivity index (χ4n) is 0.919. The fourth-order valence-corrected chi connectivity index (χ4v) is 2.13. The van der Waals surface area contributed by atoms with Gasteiger partial charge in [-0.3, -0.25) is 0 Å². The maximum absolute atomic E-state index is 11.3. The predicted molar refractivity (Wildman–Crippen MR) is 54.5 cm³/mol. The third kappa shape index (κ3) is 2.62. The third-order valence-corrected chi connectivity index (χ3v) is 3.18. The Bertz CT molecular complexity index is 613. The molecule has 1 aromatic carbocycles. The largest absolute Gasteiger partial charge is 0.294 e. The average Bonchev–Trinajstić information content (AvgIpc) is 2.17. The minimum atomic E-state index is -4.14. The molecular formula is C8H3ClN2O4S. The molecule has 0 radical (unpaired) electrons. The zero-order chi connectivity index (χ0) is 12.2. The summed E-state index contributed by atoms with van der Waals surface area (Å²) in [6, 6.07) is 3.44. The van der Waals surface area contributed by atoms with Gasteiger partial charge in [-0.25, -0.2) is 9.59 Å².